The van der Waals surface area contributed by atoms with Crippen LogP contribution in [0.25, 0.3) is 11.5 Å². The van der Waals surface area contributed by atoms with Crippen LogP contribution < -0.4 is 0 Å². The molecule has 1 heterocycles. The van der Waals surface area contributed by atoms with Gasteiger partial charge in [0.2, 0.25) is 11.8 Å². The fourth-order valence-electron chi connectivity index (χ4n) is 2.42. The minimum Gasteiger partial charge on any atom is -0.419 e. The number of halogens is 1. The predicted octanol–water partition coefficient (Wildman–Crippen LogP) is 4.38. The Morgan fingerprint density at radius 2 is 1.71 bits per heavy atom. The lowest BCUT2D eigenvalue weighted by molar-refractivity contribution is 0.218. The summed E-state index contributed by atoms with van der Waals surface area (Å²) in [4.78, 5) is 2.15. The molecule has 0 bridgehead atoms. The van der Waals surface area contributed by atoms with Gasteiger partial charge in [0.05, 0.1) is 6.04 Å². The van der Waals surface area contributed by atoms with E-state index >= 15 is 0 Å². The average molecular weight is 325 g/mol. The summed E-state index contributed by atoms with van der Waals surface area (Å²) < 4.78 is 18.8. The van der Waals surface area contributed by atoms with Crippen molar-refractivity contribution >= 4 is 0 Å². The van der Waals surface area contributed by atoms with E-state index < -0.39 is 0 Å². The van der Waals surface area contributed by atoms with Crippen LogP contribution in [0.15, 0.2) is 52.9 Å². The van der Waals surface area contributed by atoms with Gasteiger partial charge >= 0.3 is 0 Å². The normalized spacial score (nSPS) is 12.5. The fraction of sp³-hybridized carbons (Fsp3) is 0.263. The molecule has 1 atom stereocenters. The second-order valence-corrected chi connectivity index (χ2v) is 6.03. The topological polar surface area (TPSA) is 42.2 Å². The molecule has 3 aromatic rings. The van der Waals surface area contributed by atoms with Gasteiger partial charge in [-0.05, 0) is 50.7 Å². The summed E-state index contributed by atoms with van der Waals surface area (Å²) in [5, 5.41) is 8.21. The van der Waals surface area contributed by atoms with E-state index in [9.17, 15) is 4.39 Å². The minimum atomic E-state index is -0.287. The standard InChI is InChI=1S/C19H20FN3O/c1-13-4-6-15(7-5-13)12-23(3)14(2)18-21-22-19(24-18)16-8-10-17(20)11-9-16/h4-11,14H,12H2,1-3H3/t14-/m1/s1. The van der Waals surface area contributed by atoms with Gasteiger partial charge < -0.3 is 4.42 Å². The van der Waals surface area contributed by atoms with Gasteiger partial charge in [-0.3, -0.25) is 4.90 Å². The Kier molecular flexibility index (Phi) is 4.71. The second-order valence-electron chi connectivity index (χ2n) is 6.03. The Labute approximate surface area is 140 Å². The van der Waals surface area contributed by atoms with Crippen molar-refractivity contribution in [3.05, 3.63) is 71.4 Å². The molecule has 1 aromatic heterocycles. The van der Waals surface area contributed by atoms with Gasteiger partial charge in [-0.2, -0.15) is 0 Å². The number of nitrogens with zero attached hydrogens (tertiary/aromatic N) is 3. The molecule has 0 aliphatic rings. The maximum Gasteiger partial charge on any atom is 0.247 e. The van der Waals surface area contributed by atoms with Gasteiger partial charge in [-0.1, -0.05) is 29.8 Å². The van der Waals surface area contributed by atoms with Gasteiger partial charge in [0, 0.05) is 12.1 Å². The molecular formula is C19H20FN3O. The average Bonchev–Trinajstić information content (AvgIpc) is 3.07. The van der Waals surface area contributed by atoms with E-state index in [1.54, 1.807) is 12.1 Å². The molecule has 2 aromatic carbocycles. The highest BCUT2D eigenvalue weighted by Crippen LogP contribution is 2.24. The Morgan fingerprint density at radius 3 is 2.38 bits per heavy atom. The van der Waals surface area contributed by atoms with Crippen LogP contribution in [0.4, 0.5) is 4.39 Å². The molecular weight excluding hydrogens is 305 g/mol. The van der Waals surface area contributed by atoms with Crippen molar-refractivity contribution < 1.29 is 8.81 Å². The molecule has 0 aliphatic carbocycles. The molecule has 0 unspecified atom stereocenters. The quantitative estimate of drug-likeness (QED) is 0.698. The van der Waals surface area contributed by atoms with Gasteiger partial charge in [-0.15, -0.1) is 10.2 Å². The van der Waals surface area contributed by atoms with Crippen molar-refractivity contribution in [1.82, 2.24) is 15.1 Å². The summed E-state index contributed by atoms with van der Waals surface area (Å²) in [5.41, 5.74) is 3.19. The number of benzene rings is 2. The molecule has 0 N–H and O–H groups in total. The Bertz CT molecular complexity index is 796. The summed E-state index contributed by atoms with van der Waals surface area (Å²) in [7, 11) is 2.02. The third-order valence-corrected chi connectivity index (χ3v) is 4.10. The van der Waals surface area contributed by atoms with Crippen molar-refractivity contribution in [2.45, 2.75) is 26.4 Å². The van der Waals surface area contributed by atoms with Crippen molar-refractivity contribution in [2.75, 3.05) is 7.05 Å². The largest absolute Gasteiger partial charge is 0.419 e. The van der Waals surface area contributed by atoms with Gasteiger partial charge in [0.15, 0.2) is 0 Å². The lowest BCUT2D eigenvalue weighted by Gasteiger charge is -2.21. The Morgan fingerprint density at radius 1 is 1.04 bits per heavy atom. The lowest BCUT2D eigenvalue weighted by Crippen LogP contribution is -2.22. The third-order valence-electron chi connectivity index (χ3n) is 4.10. The number of hydrogen-bond donors (Lipinski definition) is 0. The monoisotopic (exact) mass is 325 g/mol. The lowest BCUT2D eigenvalue weighted by atomic mass is 10.1. The summed E-state index contributed by atoms with van der Waals surface area (Å²) in [6, 6.07) is 14.5. The van der Waals surface area contributed by atoms with Crippen molar-refractivity contribution in [2.24, 2.45) is 0 Å². The zero-order chi connectivity index (χ0) is 17.1. The molecule has 0 saturated heterocycles. The van der Waals surface area contributed by atoms with E-state index in [0.717, 1.165) is 6.54 Å². The molecule has 4 nitrogen and oxygen atoms in total. The molecule has 5 heteroatoms. The molecule has 124 valence electrons. The fourth-order valence-corrected chi connectivity index (χ4v) is 2.42. The Hall–Kier alpha value is -2.53. The van der Waals surface area contributed by atoms with Crippen LogP contribution >= 0.6 is 0 Å². The van der Waals surface area contributed by atoms with E-state index in [4.69, 9.17) is 4.42 Å². The first-order chi connectivity index (χ1) is 11.5. The minimum absolute atomic E-state index is 0.0204. The van der Waals surface area contributed by atoms with Crippen LogP contribution in [-0.2, 0) is 6.54 Å². The summed E-state index contributed by atoms with van der Waals surface area (Å²) in [6.45, 7) is 4.89. The maximum absolute atomic E-state index is 13.0. The van der Waals surface area contributed by atoms with E-state index in [1.807, 2.05) is 14.0 Å². The highest BCUT2D eigenvalue weighted by atomic mass is 19.1. The molecule has 0 saturated carbocycles. The molecule has 3 rings (SSSR count). The Balaban J connectivity index is 1.71. The van der Waals surface area contributed by atoms with Gasteiger partial charge in [0.1, 0.15) is 5.82 Å². The molecule has 0 aliphatic heterocycles. The first-order valence-corrected chi connectivity index (χ1v) is 7.88. The van der Waals surface area contributed by atoms with Crippen LogP contribution in [0.1, 0.15) is 30.0 Å². The molecule has 0 radical (unpaired) electrons. The second kappa shape index (κ2) is 6.93. The molecule has 0 fully saturated rings. The SMILES string of the molecule is Cc1ccc(CN(C)[C@H](C)c2nnc(-c3ccc(F)cc3)o2)cc1. The van der Waals surface area contributed by atoms with Gasteiger partial charge in [0.25, 0.3) is 0 Å². The number of aryl methyl sites for hydroxylation is 1. The molecule has 0 spiro atoms. The van der Waals surface area contributed by atoms with Crippen molar-refractivity contribution in [3.63, 3.8) is 0 Å². The van der Waals surface area contributed by atoms with E-state index in [-0.39, 0.29) is 11.9 Å². The molecule has 0 amide bonds. The van der Waals surface area contributed by atoms with E-state index in [2.05, 4.69) is 46.3 Å². The first-order valence-electron chi connectivity index (χ1n) is 7.88. The van der Waals surface area contributed by atoms with Crippen LogP contribution in [0, 0.1) is 12.7 Å². The number of rotatable bonds is 5. The van der Waals surface area contributed by atoms with Crippen molar-refractivity contribution in [3.8, 4) is 11.5 Å². The van der Waals surface area contributed by atoms with Gasteiger partial charge in [-0.25, -0.2) is 4.39 Å². The smallest absolute Gasteiger partial charge is 0.247 e. The first kappa shape index (κ1) is 16.3. The summed E-state index contributed by atoms with van der Waals surface area (Å²) in [5.74, 6) is 0.661. The van der Waals surface area contributed by atoms with Crippen LogP contribution in [-0.4, -0.2) is 22.1 Å². The number of hydrogen-bond acceptors (Lipinski definition) is 4. The molecule has 24 heavy (non-hydrogen) atoms. The maximum atomic E-state index is 13.0. The zero-order valence-corrected chi connectivity index (χ0v) is 14.0. The highest BCUT2D eigenvalue weighted by molar-refractivity contribution is 5.51. The number of aromatic nitrogens is 2. The van der Waals surface area contributed by atoms with E-state index in [1.165, 1.54) is 23.3 Å². The summed E-state index contributed by atoms with van der Waals surface area (Å²) >= 11 is 0. The van der Waals surface area contributed by atoms with Crippen molar-refractivity contribution in [1.29, 1.82) is 0 Å². The predicted molar refractivity (Wildman–Crippen MR) is 90.8 cm³/mol. The summed E-state index contributed by atoms with van der Waals surface area (Å²) in [6.07, 6.45) is 0. The highest BCUT2D eigenvalue weighted by Gasteiger charge is 2.19. The van der Waals surface area contributed by atoms with E-state index in [0.29, 0.717) is 17.3 Å². The zero-order valence-electron chi connectivity index (χ0n) is 14.0. The van der Waals surface area contributed by atoms with Crippen LogP contribution in [0.2, 0.25) is 0 Å². The van der Waals surface area contributed by atoms with Crippen LogP contribution in [0.3, 0.4) is 0 Å². The van der Waals surface area contributed by atoms with Crippen LogP contribution in [0.5, 0.6) is 0 Å². The third kappa shape index (κ3) is 3.68.